The fourth-order valence-electron chi connectivity index (χ4n) is 5.02. The Hall–Kier alpha value is -3.85. The van der Waals surface area contributed by atoms with E-state index in [2.05, 4.69) is 43.6 Å². The molecule has 0 bridgehead atoms. The Bertz CT molecular complexity index is 1340. The summed E-state index contributed by atoms with van der Waals surface area (Å²) in [7, 11) is 7.72. The monoisotopic (exact) mass is 474 g/mol. The van der Waals surface area contributed by atoms with Crippen LogP contribution < -0.4 is 14.5 Å². The predicted molar refractivity (Wildman–Crippen MR) is 141 cm³/mol. The molecule has 2 aromatic carbocycles. The van der Waals surface area contributed by atoms with Gasteiger partial charge in [-0.05, 0) is 50.4 Å². The van der Waals surface area contributed by atoms with E-state index < -0.39 is 0 Å². The van der Waals surface area contributed by atoms with Crippen LogP contribution in [-0.4, -0.2) is 67.6 Å². The number of nitrogens with zero attached hydrogens (tertiary/aromatic N) is 6. The number of rotatable bonds is 6. The number of benzene rings is 2. The van der Waals surface area contributed by atoms with E-state index in [0.29, 0.717) is 29.8 Å². The molecule has 0 amide bonds. The third kappa shape index (κ3) is 4.12. The van der Waals surface area contributed by atoms with E-state index in [4.69, 9.17) is 4.74 Å². The van der Waals surface area contributed by atoms with E-state index in [0.717, 1.165) is 41.7 Å². The molecule has 2 aliphatic rings. The first-order valence-electron chi connectivity index (χ1n) is 11.7. The molecule has 0 N–H and O–H groups in total. The van der Waals surface area contributed by atoms with Gasteiger partial charge >= 0.3 is 0 Å². The van der Waals surface area contributed by atoms with E-state index in [-0.39, 0.29) is 10.6 Å². The fraction of sp³-hybridized carbons (Fsp3) is 0.346. The minimum Gasteiger partial charge on any atom is -0.494 e. The van der Waals surface area contributed by atoms with Crippen LogP contribution in [0.1, 0.15) is 12.0 Å². The van der Waals surface area contributed by atoms with Gasteiger partial charge in [0.25, 0.3) is 5.69 Å². The summed E-state index contributed by atoms with van der Waals surface area (Å²) in [5.41, 5.74) is 4.37. The number of allylic oxidation sites excluding steroid dienone is 1. The van der Waals surface area contributed by atoms with Crippen LogP contribution in [-0.2, 0) is 7.05 Å². The van der Waals surface area contributed by atoms with Gasteiger partial charge in [-0.15, -0.1) is 0 Å². The van der Waals surface area contributed by atoms with Crippen molar-refractivity contribution in [2.75, 3.05) is 50.8 Å². The summed E-state index contributed by atoms with van der Waals surface area (Å²) >= 11 is 0. The van der Waals surface area contributed by atoms with Crippen molar-refractivity contribution in [2.24, 2.45) is 12.0 Å². The zero-order chi connectivity index (χ0) is 24.7. The molecule has 1 unspecified atom stereocenters. The minimum atomic E-state index is -0.298. The number of nitro groups is 1. The molecule has 3 heterocycles. The van der Waals surface area contributed by atoms with E-state index in [1.807, 2.05) is 44.4 Å². The van der Waals surface area contributed by atoms with Crippen molar-refractivity contribution >= 4 is 39.9 Å². The molecule has 0 aliphatic carbocycles. The molecule has 9 heteroatoms. The number of likely N-dealkylation sites (N-methyl/N-ethyl adjacent to an activating group) is 1. The van der Waals surface area contributed by atoms with Crippen molar-refractivity contribution in [3.8, 4) is 5.75 Å². The molecular formula is C26H30N6O3. The molecule has 182 valence electrons. The summed E-state index contributed by atoms with van der Waals surface area (Å²) in [5, 5.41) is 13.3. The zero-order valence-electron chi connectivity index (χ0n) is 20.5. The van der Waals surface area contributed by atoms with Crippen molar-refractivity contribution in [3.05, 3.63) is 64.3 Å². The largest absolute Gasteiger partial charge is 0.494 e. The number of methoxy groups -OCH3 is 1. The first-order chi connectivity index (χ1) is 16.9. The molecule has 0 radical (unpaired) electrons. The van der Waals surface area contributed by atoms with Crippen molar-refractivity contribution in [3.63, 3.8) is 0 Å². The van der Waals surface area contributed by atoms with Crippen molar-refractivity contribution in [1.29, 1.82) is 0 Å². The quantitative estimate of drug-likeness (QED) is 0.395. The highest BCUT2D eigenvalue weighted by molar-refractivity contribution is 5.96. The topological polar surface area (TPSA) is 79.4 Å². The first-order valence-corrected chi connectivity index (χ1v) is 11.7. The number of anilines is 2. The van der Waals surface area contributed by atoms with Crippen LogP contribution in [0.15, 0.2) is 53.7 Å². The van der Waals surface area contributed by atoms with Crippen molar-refractivity contribution in [2.45, 2.75) is 12.5 Å². The van der Waals surface area contributed by atoms with Crippen molar-refractivity contribution in [1.82, 2.24) is 9.47 Å². The highest BCUT2D eigenvalue weighted by Crippen LogP contribution is 2.44. The number of fused-ring (bicyclic) bond motifs is 1. The lowest BCUT2D eigenvalue weighted by Crippen LogP contribution is -2.31. The Labute approximate surface area is 204 Å². The van der Waals surface area contributed by atoms with Gasteiger partial charge in [0.05, 0.1) is 23.4 Å². The van der Waals surface area contributed by atoms with Gasteiger partial charge in [-0.1, -0.05) is 6.07 Å². The zero-order valence-corrected chi connectivity index (χ0v) is 20.5. The minimum absolute atomic E-state index is 0.0765. The SMILES string of the molecule is COc1cc(N2CCC(N(C)C)C2)c([N+](=O)[O-])cc1N1CN=CC=C1c1ccc2c(ccn2C)c1. The Morgan fingerprint density at radius 2 is 2.00 bits per heavy atom. The molecule has 0 spiro atoms. The maximum absolute atomic E-state index is 12.2. The Kier molecular flexibility index (Phi) is 5.94. The average molecular weight is 475 g/mol. The molecule has 35 heavy (non-hydrogen) atoms. The summed E-state index contributed by atoms with van der Waals surface area (Å²) in [6.45, 7) is 1.85. The number of ether oxygens (including phenoxy) is 1. The number of hydrogen-bond donors (Lipinski definition) is 0. The molecule has 1 saturated heterocycles. The molecule has 1 aromatic heterocycles. The van der Waals surface area contributed by atoms with Gasteiger partial charge in [0.15, 0.2) is 0 Å². The van der Waals surface area contributed by atoms with Gasteiger partial charge in [0, 0.05) is 61.6 Å². The number of hydrogen-bond acceptors (Lipinski definition) is 7. The number of aromatic nitrogens is 1. The molecule has 9 nitrogen and oxygen atoms in total. The second-order valence-electron chi connectivity index (χ2n) is 9.28. The van der Waals surface area contributed by atoms with Gasteiger partial charge in [0.1, 0.15) is 18.1 Å². The molecule has 5 rings (SSSR count). The standard InChI is InChI=1S/C26H30N6O3/c1-28(2)20-9-12-30(16-20)23-15-26(35-4)25(14-24(23)32(33)34)31-17-27-10-7-22(31)18-5-6-21-19(13-18)8-11-29(21)3/h5-8,10-11,13-15,20H,9,12,16-17H2,1-4H3. The van der Waals surface area contributed by atoms with E-state index in [1.165, 1.54) is 0 Å². The lowest BCUT2D eigenvalue weighted by atomic mass is 10.1. The van der Waals surface area contributed by atoms with Gasteiger partial charge < -0.3 is 24.0 Å². The van der Waals surface area contributed by atoms with Gasteiger partial charge in [0.2, 0.25) is 0 Å². The number of nitro benzene ring substituents is 1. The molecule has 3 aromatic rings. The summed E-state index contributed by atoms with van der Waals surface area (Å²) in [5.74, 6) is 0.586. The van der Waals surface area contributed by atoms with Crippen LogP contribution in [0.25, 0.3) is 16.6 Å². The van der Waals surface area contributed by atoms with E-state index >= 15 is 0 Å². The summed E-state index contributed by atoms with van der Waals surface area (Å²) in [6.07, 6.45) is 6.72. The van der Waals surface area contributed by atoms with Crippen LogP contribution in [0.2, 0.25) is 0 Å². The average Bonchev–Trinajstić information content (AvgIpc) is 3.50. The smallest absolute Gasteiger partial charge is 0.294 e. The highest BCUT2D eigenvalue weighted by atomic mass is 16.6. The Morgan fingerprint density at radius 3 is 2.71 bits per heavy atom. The third-order valence-electron chi connectivity index (χ3n) is 7.03. The van der Waals surface area contributed by atoms with Gasteiger partial charge in [-0.3, -0.25) is 15.1 Å². The Morgan fingerprint density at radius 1 is 1.17 bits per heavy atom. The molecule has 2 aliphatic heterocycles. The summed E-state index contributed by atoms with van der Waals surface area (Å²) in [4.78, 5) is 22.6. The normalized spacial score (nSPS) is 18.0. The second kappa shape index (κ2) is 9.07. The maximum Gasteiger partial charge on any atom is 0.294 e. The first kappa shape index (κ1) is 22.9. The number of aryl methyl sites for hydroxylation is 1. The van der Waals surface area contributed by atoms with Crippen LogP contribution in [0.3, 0.4) is 0 Å². The van der Waals surface area contributed by atoms with Crippen LogP contribution in [0, 0.1) is 10.1 Å². The molecular weight excluding hydrogens is 444 g/mol. The van der Waals surface area contributed by atoms with Gasteiger partial charge in [-0.25, -0.2) is 0 Å². The lowest BCUT2D eigenvalue weighted by Gasteiger charge is -2.30. The van der Waals surface area contributed by atoms with Crippen LogP contribution in [0.5, 0.6) is 5.75 Å². The van der Waals surface area contributed by atoms with E-state index in [9.17, 15) is 10.1 Å². The lowest BCUT2D eigenvalue weighted by molar-refractivity contribution is -0.384. The fourth-order valence-corrected chi connectivity index (χ4v) is 5.02. The summed E-state index contributed by atoms with van der Waals surface area (Å²) < 4.78 is 7.86. The number of aliphatic imine (C=N–C) groups is 1. The third-order valence-corrected chi connectivity index (χ3v) is 7.03. The van der Waals surface area contributed by atoms with Crippen LogP contribution >= 0.6 is 0 Å². The maximum atomic E-state index is 12.2. The van der Waals surface area contributed by atoms with Crippen LogP contribution in [0.4, 0.5) is 17.1 Å². The highest BCUT2D eigenvalue weighted by Gasteiger charge is 2.32. The van der Waals surface area contributed by atoms with E-state index in [1.54, 1.807) is 19.4 Å². The van der Waals surface area contributed by atoms with Gasteiger partial charge in [-0.2, -0.15) is 0 Å². The predicted octanol–water partition coefficient (Wildman–Crippen LogP) is 4.12. The summed E-state index contributed by atoms with van der Waals surface area (Å²) in [6, 6.07) is 12.2. The molecule has 1 fully saturated rings. The Balaban J connectivity index is 1.57. The second-order valence-corrected chi connectivity index (χ2v) is 9.28. The molecule has 0 saturated carbocycles. The van der Waals surface area contributed by atoms with Crippen molar-refractivity contribution < 1.29 is 9.66 Å². The molecule has 1 atom stereocenters.